The Morgan fingerprint density at radius 3 is 2.41 bits per heavy atom. The number of hydrogen-bond donors (Lipinski definition) is 1. The van der Waals surface area contributed by atoms with Crippen molar-refractivity contribution in [2.75, 3.05) is 43.4 Å². The van der Waals surface area contributed by atoms with Gasteiger partial charge in [0, 0.05) is 37.8 Å². The highest BCUT2D eigenvalue weighted by atomic mass is 16.6. The number of carbonyl (C=O) groups is 1. The molecule has 1 N–H and O–H groups in total. The topological polar surface area (TPSA) is 96.5 Å². The summed E-state index contributed by atoms with van der Waals surface area (Å²) in [6, 6.07) is 14.3. The molecule has 1 fully saturated rings. The van der Waals surface area contributed by atoms with E-state index >= 15 is 0 Å². The van der Waals surface area contributed by atoms with Gasteiger partial charge in [-0.25, -0.2) is 4.68 Å². The lowest BCUT2D eigenvalue weighted by Crippen LogP contribution is -2.44. The number of benzene rings is 2. The van der Waals surface area contributed by atoms with Gasteiger partial charge in [0.25, 0.3) is 11.6 Å². The zero-order chi connectivity index (χ0) is 22.8. The number of anilines is 2. The van der Waals surface area contributed by atoms with Crippen molar-refractivity contribution in [3.05, 3.63) is 75.6 Å². The van der Waals surface area contributed by atoms with Crippen LogP contribution in [0, 0.1) is 24.0 Å². The number of nitro benzene ring substituents is 1. The van der Waals surface area contributed by atoms with E-state index in [4.69, 9.17) is 0 Å². The Bertz CT molecular complexity index is 1150. The average Bonchev–Trinajstić information content (AvgIpc) is 3.08. The lowest BCUT2D eigenvalue weighted by atomic mass is 10.1. The predicted octanol–water partition coefficient (Wildman–Crippen LogP) is 3.40. The maximum atomic E-state index is 13.0. The zero-order valence-corrected chi connectivity index (χ0v) is 18.4. The maximum Gasteiger partial charge on any atom is 0.293 e. The number of rotatable bonds is 5. The van der Waals surface area contributed by atoms with Crippen LogP contribution in [0.5, 0.6) is 0 Å². The van der Waals surface area contributed by atoms with Crippen LogP contribution in [0.1, 0.15) is 21.7 Å². The third-order valence-electron chi connectivity index (χ3n) is 5.81. The summed E-state index contributed by atoms with van der Waals surface area (Å²) in [6.45, 7) is 6.79. The lowest BCUT2D eigenvalue weighted by molar-refractivity contribution is -0.384. The number of hydrogen-bond acceptors (Lipinski definition) is 6. The zero-order valence-electron chi connectivity index (χ0n) is 18.4. The highest BCUT2D eigenvalue weighted by Gasteiger charge is 2.25. The number of carbonyl (C=O) groups excluding carboxylic acids is 1. The highest BCUT2D eigenvalue weighted by Crippen LogP contribution is 2.31. The molecule has 9 nitrogen and oxygen atoms in total. The number of nitrogens with one attached hydrogen (secondary N) is 1. The number of nitro groups is 1. The molecule has 0 saturated carbocycles. The number of amides is 1. The number of nitrogens with zero attached hydrogens (tertiary/aromatic N) is 5. The van der Waals surface area contributed by atoms with Crippen LogP contribution >= 0.6 is 0 Å². The molecular formula is C23H26N6O3. The van der Waals surface area contributed by atoms with Crippen LogP contribution in [-0.2, 0) is 0 Å². The van der Waals surface area contributed by atoms with Gasteiger partial charge in [-0.3, -0.25) is 14.9 Å². The van der Waals surface area contributed by atoms with E-state index in [1.165, 1.54) is 6.07 Å². The molecule has 9 heteroatoms. The minimum absolute atomic E-state index is 0.0596. The normalized spacial score (nSPS) is 14.4. The second-order valence-corrected chi connectivity index (χ2v) is 8.00. The molecule has 0 spiro atoms. The van der Waals surface area contributed by atoms with Gasteiger partial charge in [-0.05, 0) is 45.2 Å². The van der Waals surface area contributed by atoms with E-state index in [9.17, 15) is 14.9 Å². The van der Waals surface area contributed by atoms with Gasteiger partial charge in [0.1, 0.15) is 5.69 Å². The Morgan fingerprint density at radius 1 is 1.06 bits per heavy atom. The van der Waals surface area contributed by atoms with Gasteiger partial charge in [0.2, 0.25) is 0 Å². The average molecular weight is 435 g/mol. The van der Waals surface area contributed by atoms with E-state index in [2.05, 4.69) is 15.3 Å². The van der Waals surface area contributed by atoms with Crippen LogP contribution in [0.4, 0.5) is 17.1 Å². The number of aryl methyl sites for hydroxylation is 1. The largest absolute Gasteiger partial charge is 0.363 e. The summed E-state index contributed by atoms with van der Waals surface area (Å²) in [6.07, 6.45) is 0. The Kier molecular flexibility index (Phi) is 5.91. The summed E-state index contributed by atoms with van der Waals surface area (Å²) < 4.78 is 1.77. The van der Waals surface area contributed by atoms with E-state index in [1.807, 2.05) is 56.1 Å². The Morgan fingerprint density at radius 2 is 1.75 bits per heavy atom. The number of likely N-dealkylation sites (N-methyl/N-ethyl adjacent to an activating group) is 1. The quantitative estimate of drug-likeness (QED) is 0.488. The van der Waals surface area contributed by atoms with Crippen molar-refractivity contribution in [3.63, 3.8) is 0 Å². The van der Waals surface area contributed by atoms with Crippen molar-refractivity contribution in [2.45, 2.75) is 13.8 Å². The Hall–Kier alpha value is -3.72. The van der Waals surface area contributed by atoms with Gasteiger partial charge in [-0.2, -0.15) is 5.10 Å². The minimum Gasteiger partial charge on any atom is -0.363 e. The molecule has 1 amide bonds. The summed E-state index contributed by atoms with van der Waals surface area (Å²) in [5.74, 6) is -0.406. The first-order chi connectivity index (χ1) is 15.3. The van der Waals surface area contributed by atoms with Crippen LogP contribution in [0.3, 0.4) is 0 Å². The van der Waals surface area contributed by atoms with E-state index in [1.54, 1.807) is 16.8 Å². The molecule has 0 aliphatic carbocycles. The summed E-state index contributed by atoms with van der Waals surface area (Å²) >= 11 is 0. The van der Waals surface area contributed by atoms with Gasteiger partial charge in [0.15, 0.2) is 0 Å². The molecule has 3 aromatic rings. The molecule has 4 rings (SSSR count). The van der Waals surface area contributed by atoms with Crippen LogP contribution in [0.2, 0.25) is 0 Å². The van der Waals surface area contributed by atoms with Crippen molar-refractivity contribution in [1.29, 1.82) is 0 Å². The van der Waals surface area contributed by atoms with E-state index in [-0.39, 0.29) is 11.3 Å². The molecule has 1 aromatic heterocycles. The van der Waals surface area contributed by atoms with E-state index in [0.29, 0.717) is 30.2 Å². The Balaban J connectivity index is 1.60. The van der Waals surface area contributed by atoms with Crippen molar-refractivity contribution >= 4 is 23.0 Å². The smallest absolute Gasteiger partial charge is 0.293 e. The molecule has 166 valence electrons. The fourth-order valence-electron chi connectivity index (χ4n) is 3.96. The standard InChI is InChI=1S/C23H26N6O3/c1-16-22(17(2)28(25-16)19-7-5-4-6-8-19)24-23(30)18-9-10-20(21(15-18)29(31)32)27-13-11-26(3)12-14-27/h4-10,15H,11-14H2,1-3H3,(H,24,30). The first kappa shape index (κ1) is 21.5. The molecule has 1 aliphatic heterocycles. The Labute approximate surface area is 186 Å². The summed E-state index contributed by atoms with van der Waals surface area (Å²) in [7, 11) is 2.03. The summed E-state index contributed by atoms with van der Waals surface area (Å²) in [4.78, 5) is 28.5. The highest BCUT2D eigenvalue weighted by molar-refractivity contribution is 6.05. The second-order valence-electron chi connectivity index (χ2n) is 8.00. The number of para-hydroxylation sites is 1. The van der Waals surface area contributed by atoms with Gasteiger partial charge in [0.05, 0.1) is 27.7 Å². The fraction of sp³-hybridized carbons (Fsp3) is 0.304. The van der Waals surface area contributed by atoms with Crippen molar-refractivity contribution in [2.24, 2.45) is 0 Å². The number of piperazine rings is 1. The first-order valence-electron chi connectivity index (χ1n) is 10.5. The van der Waals surface area contributed by atoms with Gasteiger partial charge in [-0.15, -0.1) is 0 Å². The van der Waals surface area contributed by atoms with Crippen molar-refractivity contribution in [3.8, 4) is 5.69 Å². The summed E-state index contributed by atoms with van der Waals surface area (Å²) in [5, 5.41) is 19.2. The maximum absolute atomic E-state index is 13.0. The monoisotopic (exact) mass is 434 g/mol. The lowest BCUT2D eigenvalue weighted by Gasteiger charge is -2.33. The third kappa shape index (κ3) is 4.19. The van der Waals surface area contributed by atoms with Crippen molar-refractivity contribution < 1.29 is 9.72 Å². The van der Waals surface area contributed by atoms with Crippen LogP contribution in [0.15, 0.2) is 48.5 Å². The third-order valence-corrected chi connectivity index (χ3v) is 5.81. The van der Waals surface area contributed by atoms with Crippen LogP contribution in [-0.4, -0.2) is 58.7 Å². The van der Waals surface area contributed by atoms with Gasteiger partial charge >= 0.3 is 0 Å². The molecule has 0 unspecified atom stereocenters. The SMILES string of the molecule is Cc1nn(-c2ccccc2)c(C)c1NC(=O)c1ccc(N2CCN(C)CC2)c([N+](=O)[O-])c1. The molecule has 2 aromatic carbocycles. The molecule has 0 radical (unpaired) electrons. The molecule has 1 saturated heterocycles. The first-order valence-corrected chi connectivity index (χ1v) is 10.5. The minimum atomic E-state index is -0.422. The molecule has 32 heavy (non-hydrogen) atoms. The van der Waals surface area contributed by atoms with Crippen LogP contribution in [0.25, 0.3) is 5.69 Å². The fourth-order valence-corrected chi connectivity index (χ4v) is 3.96. The van der Waals surface area contributed by atoms with Gasteiger partial charge in [-0.1, -0.05) is 18.2 Å². The predicted molar refractivity (Wildman–Crippen MR) is 124 cm³/mol. The summed E-state index contributed by atoms with van der Waals surface area (Å²) in [5.41, 5.74) is 3.67. The molecule has 0 bridgehead atoms. The van der Waals surface area contributed by atoms with Crippen LogP contribution < -0.4 is 10.2 Å². The van der Waals surface area contributed by atoms with Crippen molar-refractivity contribution in [1.82, 2.24) is 14.7 Å². The number of aromatic nitrogens is 2. The van der Waals surface area contributed by atoms with E-state index in [0.717, 1.165) is 24.5 Å². The molecule has 2 heterocycles. The van der Waals surface area contributed by atoms with Gasteiger partial charge < -0.3 is 15.1 Å². The molecule has 0 atom stereocenters. The van der Waals surface area contributed by atoms with E-state index < -0.39 is 10.8 Å². The molecule has 1 aliphatic rings. The second kappa shape index (κ2) is 8.80. The molecular weight excluding hydrogens is 408 g/mol.